The predicted octanol–water partition coefficient (Wildman–Crippen LogP) is 3.62. The minimum atomic E-state index is -0.0331. The monoisotopic (exact) mass is 336 g/mol. The lowest BCUT2D eigenvalue weighted by Crippen LogP contribution is -2.40. The third-order valence-corrected chi connectivity index (χ3v) is 4.38. The number of nitrogens with zero attached hydrogens (tertiary/aromatic N) is 1. The predicted molar refractivity (Wildman–Crippen MR) is 86.0 cm³/mol. The summed E-state index contributed by atoms with van der Waals surface area (Å²) in [6.45, 7) is 2.21. The first-order valence-electron chi connectivity index (χ1n) is 6.57. The lowest BCUT2D eigenvalue weighted by Gasteiger charge is -2.33. The van der Waals surface area contributed by atoms with Gasteiger partial charge in [-0.25, -0.2) is 0 Å². The molecule has 112 valence electrons. The van der Waals surface area contributed by atoms with E-state index in [1.54, 1.807) is 18.2 Å². The highest BCUT2D eigenvalue weighted by molar-refractivity contribution is 6.43. The number of rotatable bonds is 3. The lowest BCUT2D eigenvalue weighted by atomic mass is 9.94. The largest absolute Gasteiger partial charge is 0.338 e. The second kappa shape index (κ2) is 8.08. The number of amides is 1. The van der Waals surface area contributed by atoms with Gasteiger partial charge in [-0.15, -0.1) is 12.4 Å². The van der Waals surface area contributed by atoms with Crippen LogP contribution in [0.4, 0.5) is 0 Å². The van der Waals surface area contributed by atoms with E-state index in [2.05, 4.69) is 0 Å². The minimum Gasteiger partial charge on any atom is -0.338 e. The van der Waals surface area contributed by atoms with Crippen molar-refractivity contribution in [2.45, 2.75) is 19.3 Å². The van der Waals surface area contributed by atoms with Crippen molar-refractivity contribution in [2.75, 3.05) is 19.6 Å². The van der Waals surface area contributed by atoms with Crippen LogP contribution in [0.15, 0.2) is 18.2 Å². The van der Waals surface area contributed by atoms with Crippen LogP contribution in [-0.4, -0.2) is 30.4 Å². The average molecular weight is 338 g/mol. The normalized spacial score (nSPS) is 18.6. The molecule has 0 saturated carbocycles. The van der Waals surface area contributed by atoms with Crippen LogP contribution < -0.4 is 5.73 Å². The molecule has 1 amide bonds. The highest BCUT2D eigenvalue weighted by Crippen LogP contribution is 2.28. The molecule has 6 heteroatoms. The molecule has 1 aromatic rings. The summed E-state index contributed by atoms with van der Waals surface area (Å²) in [5, 5.41) is 0.762. The fourth-order valence-corrected chi connectivity index (χ4v) is 2.94. The molecule has 1 unspecified atom stereocenters. The molecule has 0 radical (unpaired) electrons. The fourth-order valence-electron chi connectivity index (χ4n) is 2.56. The standard InChI is InChI=1S/C14H18Cl2N2O.ClH/c15-12-5-1-4-11(13(12)16)14(19)18-8-2-3-10(9-18)6-7-17;/h1,4-5,10H,2-3,6-9,17H2;1H. The van der Waals surface area contributed by atoms with E-state index in [1.807, 2.05) is 4.90 Å². The Morgan fingerprint density at radius 2 is 2.15 bits per heavy atom. The maximum atomic E-state index is 12.5. The van der Waals surface area contributed by atoms with Crippen LogP contribution in [0.1, 0.15) is 29.6 Å². The van der Waals surface area contributed by atoms with Crippen molar-refractivity contribution >= 4 is 41.5 Å². The quantitative estimate of drug-likeness (QED) is 0.915. The number of carbonyl (C=O) groups excluding carboxylic acids is 1. The molecular formula is C14H19Cl3N2O. The van der Waals surface area contributed by atoms with Crippen molar-refractivity contribution in [1.82, 2.24) is 4.90 Å². The molecule has 0 aromatic heterocycles. The van der Waals surface area contributed by atoms with Crippen LogP contribution in [0.25, 0.3) is 0 Å². The zero-order chi connectivity index (χ0) is 13.8. The summed E-state index contributed by atoms with van der Waals surface area (Å²) in [4.78, 5) is 14.3. The Balaban J connectivity index is 0.00000200. The Kier molecular flexibility index (Phi) is 7.10. The van der Waals surface area contributed by atoms with E-state index in [9.17, 15) is 4.79 Å². The third-order valence-electron chi connectivity index (χ3n) is 3.56. The Morgan fingerprint density at radius 1 is 1.40 bits per heavy atom. The van der Waals surface area contributed by atoms with E-state index in [1.165, 1.54) is 0 Å². The first kappa shape index (κ1) is 17.6. The highest BCUT2D eigenvalue weighted by atomic mass is 35.5. The second-order valence-electron chi connectivity index (χ2n) is 4.94. The molecule has 1 atom stereocenters. The first-order chi connectivity index (χ1) is 9.13. The van der Waals surface area contributed by atoms with Gasteiger partial charge < -0.3 is 10.6 Å². The summed E-state index contributed by atoms with van der Waals surface area (Å²) in [6.07, 6.45) is 3.13. The zero-order valence-electron chi connectivity index (χ0n) is 11.1. The van der Waals surface area contributed by atoms with Crippen LogP contribution >= 0.6 is 35.6 Å². The number of carbonyl (C=O) groups is 1. The number of nitrogens with two attached hydrogens (primary N) is 1. The van der Waals surface area contributed by atoms with Gasteiger partial charge in [-0.1, -0.05) is 29.3 Å². The molecule has 0 bridgehead atoms. The zero-order valence-corrected chi connectivity index (χ0v) is 13.5. The summed E-state index contributed by atoms with van der Waals surface area (Å²) in [7, 11) is 0. The molecule has 1 aromatic carbocycles. The Bertz CT molecular complexity index is 466. The van der Waals surface area contributed by atoms with Gasteiger partial charge in [0.25, 0.3) is 5.91 Å². The van der Waals surface area contributed by atoms with Crippen molar-refractivity contribution in [1.29, 1.82) is 0 Å². The lowest BCUT2D eigenvalue weighted by molar-refractivity contribution is 0.0669. The molecule has 20 heavy (non-hydrogen) atoms. The number of piperidine rings is 1. The van der Waals surface area contributed by atoms with Gasteiger partial charge in [0.2, 0.25) is 0 Å². The summed E-state index contributed by atoms with van der Waals surface area (Å²) < 4.78 is 0. The van der Waals surface area contributed by atoms with E-state index >= 15 is 0 Å². The van der Waals surface area contributed by atoms with Crippen LogP contribution in [0.2, 0.25) is 10.0 Å². The second-order valence-corrected chi connectivity index (χ2v) is 5.72. The van der Waals surface area contributed by atoms with E-state index in [0.717, 1.165) is 32.4 Å². The maximum Gasteiger partial charge on any atom is 0.255 e. The molecule has 3 nitrogen and oxygen atoms in total. The van der Waals surface area contributed by atoms with Crippen LogP contribution in [-0.2, 0) is 0 Å². The molecule has 2 rings (SSSR count). The van der Waals surface area contributed by atoms with Crippen LogP contribution in [0.5, 0.6) is 0 Å². The van der Waals surface area contributed by atoms with Gasteiger partial charge in [-0.05, 0) is 43.9 Å². The van der Waals surface area contributed by atoms with Gasteiger partial charge in [-0.2, -0.15) is 0 Å². The average Bonchev–Trinajstić information content (AvgIpc) is 2.42. The van der Waals surface area contributed by atoms with E-state index < -0.39 is 0 Å². The van der Waals surface area contributed by atoms with Gasteiger partial charge in [0.1, 0.15) is 0 Å². The highest BCUT2D eigenvalue weighted by Gasteiger charge is 2.25. The summed E-state index contributed by atoms with van der Waals surface area (Å²) in [6, 6.07) is 5.17. The maximum absolute atomic E-state index is 12.5. The molecule has 1 aliphatic heterocycles. The summed E-state index contributed by atoms with van der Waals surface area (Å²) >= 11 is 12.1. The Labute approximate surface area is 135 Å². The van der Waals surface area contributed by atoms with Crippen molar-refractivity contribution in [3.8, 4) is 0 Å². The topological polar surface area (TPSA) is 46.3 Å². The molecule has 0 aliphatic carbocycles. The van der Waals surface area contributed by atoms with Crippen molar-refractivity contribution < 1.29 is 4.79 Å². The third kappa shape index (κ3) is 4.01. The smallest absolute Gasteiger partial charge is 0.255 e. The molecule has 1 aliphatic rings. The van der Waals surface area contributed by atoms with E-state index in [-0.39, 0.29) is 18.3 Å². The Hall–Kier alpha value is -0.480. The molecule has 1 fully saturated rings. The SMILES string of the molecule is Cl.NCCC1CCCN(C(=O)c2cccc(Cl)c2Cl)C1. The van der Waals surface area contributed by atoms with Gasteiger partial charge in [-0.3, -0.25) is 4.79 Å². The molecule has 0 spiro atoms. The van der Waals surface area contributed by atoms with Crippen molar-refractivity contribution in [3.63, 3.8) is 0 Å². The summed E-state index contributed by atoms with van der Waals surface area (Å²) in [5.41, 5.74) is 6.08. The number of benzene rings is 1. The van der Waals surface area contributed by atoms with Gasteiger partial charge >= 0.3 is 0 Å². The van der Waals surface area contributed by atoms with Gasteiger partial charge in [0.05, 0.1) is 15.6 Å². The van der Waals surface area contributed by atoms with Crippen molar-refractivity contribution in [3.05, 3.63) is 33.8 Å². The van der Waals surface area contributed by atoms with Crippen molar-refractivity contribution in [2.24, 2.45) is 11.7 Å². The number of hydrogen-bond acceptors (Lipinski definition) is 2. The molecular weight excluding hydrogens is 319 g/mol. The first-order valence-corrected chi connectivity index (χ1v) is 7.32. The minimum absolute atomic E-state index is 0. The van der Waals surface area contributed by atoms with E-state index in [4.69, 9.17) is 28.9 Å². The Morgan fingerprint density at radius 3 is 2.85 bits per heavy atom. The molecule has 1 saturated heterocycles. The summed E-state index contributed by atoms with van der Waals surface area (Å²) in [5.74, 6) is 0.467. The number of halogens is 3. The van der Waals surface area contributed by atoms with Gasteiger partial charge in [0, 0.05) is 13.1 Å². The fraction of sp³-hybridized carbons (Fsp3) is 0.500. The number of hydrogen-bond donors (Lipinski definition) is 1. The van der Waals surface area contributed by atoms with Crippen LogP contribution in [0.3, 0.4) is 0 Å². The van der Waals surface area contributed by atoms with Gasteiger partial charge in [0.15, 0.2) is 0 Å². The molecule has 2 N–H and O–H groups in total. The number of likely N-dealkylation sites (tertiary alicyclic amines) is 1. The van der Waals surface area contributed by atoms with E-state index in [0.29, 0.717) is 28.1 Å². The molecule has 1 heterocycles. The van der Waals surface area contributed by atoms with Crippen LogP contribution in [0, 0.1) is 5.92 Å².